The minimum atomic E-state index is -4.44. The molecular formula is C25H23F3N8O. The van der Waals surface area contributed by atoms with Crippen LogP contribution < -0.4 is 5.32 Å². The van der Waals surface area contributed by atoms with Crippen molar-refractivity contribution in [2.45, 2.75) is 37.5 Å². The normalized spacial score (nSPS) is 18.0. The fraction of sp³-hybridized carbons (Fsp3) is 0.320. The number of rotatable bonds is 5. The Kier molecular flexibility index (Phi) is 5.55. The molecule has 1 N–H and O–H groups in total. The molecule has 1 atom stereocenters. The second-order valence-corrected chi connectivity index (χ2v) is 9.31. The van der Waals surface area contributed by atoms with Gasteiger partial charge in [-0.2, -0.15) is 13.2 Å². The number of halogens is 3. The summed E-state index contributed by atoms with van der Waals surface area (Å²) in [5, 5.41) is 11.2. The smallest absolute Gasteiger partial charge is 0.320 e. The van der Waals surface area contributed by atoms with E-state index in [4.69, 9.17) is 0 Å². The van der Waals surface area contributed by atoms with E-state index in [0.717, 1.165) is 18.4 Å². The highest BCUT2D eigenvalue weighted by Crippen LogP contribution is 2.41. The lowest BCUT2D eigenvalue weighted by Crippen LogP contribution is -2.41. The van der Waals surface area contributed by atoms with Crippen LogP contribution in [0.15, 0.2) is 55.2 Å². The zero-order valence-electron chi connectivity index (χ0n) is 19.9. The van der Waals surface area contributed by atoms with E-state index in [0.29, 0.717) is 35.4 Å². The maximum Gasteiger partial charge on any atom is 0.409 e. The molecule has 0 spiro atoms. The topological polar surface area (TPSA) is 93.8 Å². The molecule has 1 saturated carbocycles. The lowest BCUT2D eigenvalue weighted by atomic mass is 10.0. The number of carbonyl (C=O) groups is 1. The molecule has 4 heterocycles. The summed E-state index contributed by atoms with van der Waals surface area (Å²) in [5.41, 5.74) is 2.40. The molecule has 0 saturated heterocycles. The Morgan fingerprint density at radius 3 is 2.70 bits per heavy atom. The molecule has 4 aromatic rings. The van der Waals surface area contributed by atoms with Gasteiger partial charge in [0.1, 0.15) is 12.0 Å². The molecule has 1 unspecified atom stereocenters. The van der Waals surface area contributed by atoms with E-state index in [9.17, 15) is 18.0 Å². The largest absolute Gasteiger partial charge is 0.409 e. The SMILES string of the molecule is CN1CCc2c(ncn2-c2ccnc(C(=O)Nc3ccccc3-c3nncn3C3CC3)c2)C1C(F)(F)F. The summed E-state index contributed by atoms with van der Waals surface area (Å²) < 4.78 is 44.7. The van der Waals surface area contributed by atoms with E-state index in [1.807, 2.05) is 22.8 Å². The number of pyridine rings is 1. The molecule has 190 valence electrons. The first-order valence-corrected chi connectivity index (χ1v) is 11.9. The summed E-state index contributed by atoms with van der Waals surface area (Å²) >= 11 is 0. The third kappa shape index (κ3) is 4.26. The van der Waals surface area contributed by atoms with Gasteiger partial charge in [0.2, 0.25) is 0 Å². The number of nitrogens with one attached hydrogen (secondary N) is 1. The molecule has 1 aromatic carbocycles. The third-order valence-electron chi connectivity index (χ3n) is 6.79. The van der Waals surface area contributed by atoms with Gasteiger partial charge in [0.25, 0.3) is 5.91 Å². The minimum Gasteiger partial charge on any atom is -0.320 e. The zero-order chi connectivity index (χ0) is 25.7. The van der Waals surface area contributed by atoms with Gasteiger partial charge in [-0.1, -0.05) is 12.1 Å². The molecule has 0 bridgehead atoms. The van der Waals surface area contributed by atoms with Crippen molar-refractivity contribution in [3.05, 3.63) is 72.3 Å². The lowest BCUT2D eigenvalue weighted by Gasteiger charge is -2.33. The molecule has 1 amide bonds. The van der Waals surface area contributed by atoms with Crippen molar-refractivity contribution >= 4 is 11.6 Å². The highest BCUT2D eigenvalue weighted by atomic mass is 19.4. The number of imidazole rings is 1. The Balaban J connectivity index is 1.29. The van der Waals surface area contributed by atoms with Crippen molar-refractivity contribution in [1.82, 2.24) is 34.2 Å². The maximum absolute atomic E-state index is 13.7. The number of para-hydroxylation sites is 1. The van der Waals surface area contributed by atoms with E-state index in [-0.39, 0.29) is 17.9 Å². The van der Waals surface area contributed by atoms with E-state index in [1.54, 1.807) is 29.1 Å². The summed E-state index contributed by atoms with van der Waals surface area (Å²) in [6.45, 7) is 0.240. The minimum absolute atomic E-state index is 0.0160. The van der Waals surface area contributed by atoms with Gasteiger partial charge in [-0.3, -0.25) is 14.7 Å². The molecule has 37 heavy (non-hydrogen) atoms. The first-order valence-electron chi connectivity index (χ1n) is 11.9. The quantitative estimate of drug-likeness (QED) is 0.434. The predicted octanol–water partition coefficient (Wildman–Crippen LogP) is 4.20. The predicted molar refractivity (Wildman–Crippen MR) is 128 cm³/mol. The Morgan fingerprint density at radius 2 is 1.92 bits per heavy atom. The molecule has 1 fully saturated rings. The first kappa shape index (κ1) is 23.3. The Hall–Kier alpha value is -4.06. The molecule has 1 aliphatic heterocycles. The fourth-order valence-corrected chi connectivity index (χ4v) is 4.83. The molecule has 12 heteroatoms. The van der Waals surface area contributed by atoms with Crippen LogP contribution in [0.5, 0.6) is 0 Å². The van der Waals surface area contributed by atoms with E-state index < -0.39 is 18.1 Å². The highest BCUT2D eigenvalue weighted by molar-refractivity contribution is 6.05. The van der Waals surface area contributed by atoms with Gasteiger partial charge in [0.15, 0.2) is 11.9 Å². The lowest BCUT2D eigenvalue weighted by molar-refractivity contribution is -0.186. The number of anilines is 1. The number of alkyl halides is 3. The summed E-state index contributed by atoms with van der Waals surface area (Å²) in [6.07, 6.45) is 2.62. The number of fused-ring (bicyclic) bond motifs is 1. The van der Waals surface area contributed by atoms with Crippen LogP contribution in [-0.4, -0.2) is 59.9 Å². The van der Waals surface area contributed by atoms with Crippen LogP contribution >= 0.6 is 0 Å². The number of hydrogen-bond acceptors (Lipinski definition) is 6. The van der Waals surface area contributed by atoms with Crippen molar-refractivity contribution in [1.29, 1.82) is 0 Å². The number of benzene rings is 1. The molecule has 2 aliphatic rings. The molecule has 3 aromatic heterocycles. The standard InChI is InChI=1S/C25H23F3N8O/c1-34-11-9-20-21(22(34)25(26,27)28)30-13-35(20)16-8-10-29-19(12-16)24(37)32-18-5-3-2-4-17(18)23-33-31-14-36(23)15-6-7-15/h2-5,8,10,12-15,22H,6-7,9,11H2,1H3,(H,32,37). The number of amides is 1. The van der Waals surface area contributed by atoms with Crippen molar-refractivity contribution < 1.29 is 18.0 Å². The van der Waals surface area contributed by atoms with Crippen LogP contribution in [0.25, 0.3) is 17.1 Å². The van der Waals surface area contributed by atoms with Gasteiger partial charge in [0, 0.05) is 36.5 Å². The van der Waals surface area contributed by atoms with Crippen molar-refractivity contribution in [3.63, 3.8) is 0 Å². The van der Waals surface area contributed by atoms with Gasteiger partial charge in [-0.25, -0.2) is 4.98 Å². The van der Waals surface area contributed by atoms with Crippen LogP contribution in [0.3, 0.4) is 0 Å². The summed E-state index contributed by atoms with van der Waals surface area (Å²) in [7, 11) is 1.44. The van der Waals surface area contributed by atoms with Crippen molar-refractivity contribution in [3.8, 4) is 17.1 Å². The first-order chi connectivity index (χ1) is 17.8. The summed E-state index contributed by atoms with van der Waals surface area (Å²) in [5.74, 6) is 0.225. The molecule has 0 radical (unpaired) electrons. The average molecular weight is 509 g/mol. The van der Waals surface area contributed by atoms with Crippen molar-refractivity contribution in [2.24, 2.45) is 0 Å². The number of nitrogens with zero attached hydrogens (tertiary/aromatic N) is 7. The second-order valence-electron chi connectivity index (χ2n) is 9.31. The van der Waals surface area contributed by atoms with E-state index >= 15 is 0 Å². The fourth-order valence-electron chi connectivity index (χ4n) is 4.83. The van der Waals surface area contributed by atoms with Gasteiger partial charge >= 0.3 is 6.18 Å². The Bertz CT molecular complexity index is 1470. The molecule has 9 nitrogen and oxygen atoms in total. The summed E-state index contributed by atoms with van der Waals surface area (Å²) in [6, 6.07) is 9.12. The summed E-state index contributed by atoms with van der Waals surface area (Å²) in [4.78, 5) is 22.8. The second kappa shape index (κ2) is 8.80. The molecular weight excluding hydrogens is 485 g/mol. The van der Waals surface area contributed by atoms with Crippen molar-refractivity contribution in [2.75, 3.05) is 18.9 Å². The van der Waals surface area contributed by atoms with Gasteiger partial charge < -0.3 is 14.5 Å². The van der Waals surface area contributed by atoms with E-state index in [2.05, 4.69) is 25.5 Å². The van der Waals surface area contributed by atoms with Crippen LogP contribution in [0, 0.1) is 0 Å². The Morgan fingerprint density at radius 1 is 1.11 bits per heavy atom. The van der Waals surface area contributed by atoms with E-state index in [1.165, 1.54) is 24.5 Å². The van der Waals surface area contributed by atoms with Crippen LogP contribution in [0.4, 0.5) is 18.9 Å². The maximum atomic E-state index is 13.7. The third-order valence-corrected chi connectivity index (χ3v) is 6.79. The molecule has 1 aliphatic carbocycles. The van der Waals surface area contributed by atoms with Gasteiger partial charge in [-0.05, 0) is 44.2 Å². The van der Waals surface area contributed by atoms with Gasteiger partial charge in [0.05, 0.1) is 23.4 Å². The van der Waals surface area contributed by atoms with Gasteiger partial charge in [-0.15, -0.1) is 10.2 Å². The number of hydrogen-bond donors (Lipinski definition) is 1. The van der Waals surface area contributed by atoms with Crippen LogP contribution in [-0.2, 0) is 6.42 Å². The number of carbonyl (C=O) groups excluding carboxylic acids is 1. The van der Waals surface area contributed by atoms with Crippen LogP contribution in [0.2, 0.25) is 0 Å². The molecule has 6 rings (SSSR count). The van der Waals surface area contributed by atoms with Crippen LogP contribution in [0.1, 0.15) is 46.8 Å². The zero-order valence-corrected chi connectivity index (χ0v) is 19.9. The average Bonchev–Trinajstić information content (AvgIpc) is 3.44. The highest BCUT2D eigenvalue weighted by Gasteiger charge is 2.48. The number of likely N-dealkylation sites (N-methyl/N-ethyl adjacent to an activating group) is 1. The number of aromatic nitrogens is 6. The monoisotopic (exact) mass is 508 g/mol. The Labute approximate surface area is 210 Å².